The van der Waals surface area contributed by atoms with Gasteiger partial charge in [0.2, 0.25) is 0 Å². The Kier molecular flexibility index (Phi) is 8.45. The van der Waals surface area contributed by atoms with E-state index in [-0.39, 0.29) is 28.6 Å². The molecule has 3 fully saturated rings. The molecule has 0 spiro atoms. The summed E-state index contributed by atoms with van der Waals surface area (Å²) in [6.07, 6.45) is 4.26. The van der Waals surface area contributed by atoms with Crippen LogP contribution in [0, 0.1) is 5.82 Å². The van der Waals surface area contributed by atoms with E-state index in [1.807, 2.05) is 6.92 Å². The Bertz CT molecular complexity index is 1030. The summed E-state index contributed by atoms with van der Waals surface area (Å²) in [5.74, 6) is -0.0286. The fourth-order valence-corrected chi connectivity index (χ4v) is 6.10. The van der Waals surface area contributed by atoms with Crippen LogP contribution >= 0.6 is 11.6 Å². The van der Waals surface area contributed by atoms with Crippen LogP contribution in [0.3, 0.4) is 0 Å². The number of morpholine rings is 1. The summed E-state index contributed by atoms with van der Waals surface area (Å²) in [4.78, 5) is 15.3. The van der Waals surface area contributed by atoms with E-state index in [0.29, 0.717) is 30.9 Å². The molecule has 36 heavy (non-hydrogen) atoms. The van der Waals surface area contributed by atoms with Gasteiger partial charge in [0, 0.05) is 42.3 Å². The van der Waals surface area contributed by atoms with Gasteiger partial charge in [-0.05, 0) is 77.2 Å². The van der Waals surface area contributed by atoms with Crippen LogP contribution < -0.4 is 10.6 Å². The maximum Gasteiger partial charge on any atom is 0.251 e. The molecule has 1 aliphatic carbocycles. The summed E-state index contributed by atoms with van der Waals surface area (Å²) in [6.45, 7) is 15.6. The van der Waals surface area contributed by atoms with Crippen molar-refractivity contribution in [2.45, 2.75) is 83.1 Å². The third-order valence-electron chi connectivity index (χ3n) is 8.05. The highest BCUT2D eigenvalue weighted by Gasteiger charge is 2.69. The lowest BCUT2D eigenvalue weighted by Gasteiger charge is -2.28. The molecule has 6 atom stereocenters. The van der Waals surface area contributed by atoms with Crippen LogP contribution in [0.25, 0.3) is 0 Å². The summed E-state index contributed by atoms with van der Waals surface area (Å²) >= 11 is 5.84. The van der Waals surface area contributed by atoms with Gasteiger partial charge in [0.25, 0.3) is 5.91 Å². The van der Waals surface area contributed by atoms with Crippen molar-refractivity contribution in [1.82, 2.24) is 15.5 Å². The number of halogens is 2. The Labute approximate surface area is 219 Å². The number of fused-ring (bicyclic) bond motifs is 1. The average Bonchev–Trinajstić information content (AvgIpc) is 3.31. The number of carbonyl (C=O) groups is 1. The summed E-state index contributed by atoms with van der Waals surface area (Å²) in [5, 5.41) is 6.34. The van der Waals surface area contributed by atoms with Gasteiger partial charge in [-0.3, -0.25) is 9.69 Å². The monoisotopic (exact) mass is 519 g/mol. The predicted octanol–water partition coefficient (Wildman–Crippen LogP) is 4.84. The predicted molar refractivity (Wildman–Crippen MR) is 141 cm³/mol. The number of rotatable bonds is 11. The summed E-state index contributed by atoms with van der Waals surface area (Å²) in [7, 11) is 0. The van der Waals surface area contributed by atoms with Gasteiger partial charge in [0.15, 0.2) is 0 Å². The van der Waals surface area contributed by atoms with E-state index in [0.717, 1.165) is 43.7 Å². The molecule has 0 radical (unpaired) electrons. The minimum Gasteiger partial charge on any atom is -0.491 e. The highest BCUT2D eigenvalue weighted by atomic mass is 35.5. The number of nitrogens with zero attached hydrogens (tertiary/aromatic N) is 1. The molecular formula is C28H39ClFN3O3. The first kappa shape index (κ1) is 27.1. The molecular weight excluding hydrogens is 481 g/mol. The number of amides is 1. The number of benzene rings is 1. The molecule has 4 unspecified atom stereocenters. The van der Waals surface area contributed by atoms with Gasteiger partial charge in [-0.15, -0.1) is 0 Å². The lowest BCUT2D eigenvalue weighted by Crippen LogP contribution is -2.40. The molecule has 8 heteroatoms. The number of ether oxygens (including phenoxy) is 2. The molecule has 2 heterocycles. The van der Waals surface area contributed by atoms with Crippen molar-refractivity contribution < 1.29 is 18.7 Å². The lowest BCUT2D eigenvalue weighted by molar-refractivity contribution is -0.0141. The number of hydrogen-bond donors (Lipinski definition) is 2. The molecule has 2 saturated heterocycles. The van der Waals surface area contributed by atoms with Crippen molar-refractivity contribution in [1.29, 1.82) is 0 Å². The highest BCUT2D eigenvalue weighted by Crippen LogP contribution is 2.60. The van der Waals surface area contributed by atoms with Crippen LogP contribution in [0.4, 0.5) is 4.39 Å². The number of likely N-dealkylation sites (tertiary alicyclic amines) is 1. The second kappa shape index (κ2) is 11.2. The van der Waals surface area contributed by atoms with Gasteiger partial charge in [-0.25, -0.2) is 4.39 Å². The molecule has 1 aromatic rings. The smallest absolute Gasteiger partial charge is 0.251 e. The average molecular weight is 520 g/mol. The summed E-state index contributed by atoms with van der Waals surface area (Å²) < 4.78 is 25.1. The van der Waals surface area contributed by atoms with Crippen molar-refractivity contribution in [3.63, 3.8) is 0 Å². The van der Waals surface area contributed by atoms with Gasteiger partial charge in [-0.1, -0.05) is 23.8 Å². The highest BCUT2D eigenvalue weighted by molar-refractivity contribution is 6.31. The second-order valence-corrected chi connectivity index (χ2v) is 11.1. The zero-order chi connectivity index (χ0) is 26.0. The van der Waals surface area contributed by atoms with Crippen LogP contribution in [0.5, 0.6) is 0 Å². The zero-order valence-corrected chi connectivity index (χ0v) is 22.6. The molecule has 1 aromatic carbocycles. The third kappa shape index (κ3) is 5.80. The SMILES string of the molecule is C=C(OC[C@H]1CNCCO1)/C(C)=C(/C)CC(C)N1[C@@H]2CCC21CC(C)NC(=O)c1ccc(F)c(Cl)c1. The van der Waals surface area contributed by atoms with Crippen LogP contribution in [-0.4, -0.2) is 66.9 Å². The second-order valence-electron chi connectivity index (χ2n) is 10.7. The third-order valence-corrected chi connectivity index (χ3v) is 8.34. The van der Waals surface area contributed by atoms with Gasteiger partial charge < -0.3 is 20.1 Å². The standard InChI is InChI=1S/C28H39ClFN3O3/c1-17(20(4)21(5)36-16-23-15-31-10-11-35-23)12-19(3)33-26-8-9-28(26,33)14-18(2)32-27(34)22-6-7-25(30)24(29)13-22/h6-7,13,18-19,23,26,31H,5,8-12,14-16H2,1-4H3,(H,32,34)/b20-17-/t18?,19?,23-,26-,28?,33?/m1/s1. The fourth-order valence-electron chi connectivity index (χ4n) is 5.92. The number of hydrogen-bond acceptors (Lipinski definition) is 5. The summed E-state index contributed by atoms with van der Waals surface area (Å²) in [6, 6.07) is 5.05. The molecule has 1 amide bonds. The summed E-state index contributed by atoms with van der Waals surface area (Å²) in [5.41, 5.74) is 2.93. The van der Waals surface area contributed by atoms with Crippen molar-refractivity contribution in [3.8, 4) is 0 Å². The van der Waals surface area contributed by atoms with Gasteiger partial charge in [0.05, 0.1) is 11.6 Å². The van der Waals surface area contributed by atoms with Gasteiger partial charge in [-0.2, -0.15) is 0 Å². The van der Waals surface area contributed by atoms with Gasteiger partial charge >= 0.3 is 0 Å². The Hall–Kier alpha value is -1.93. The Morgan fingerprint density at radius 1 is 1.42 bits per heavy atom. The molecule has 6 nitrogen and oxygen atoms in total. The van der Waals surface area contributed by atoms with Crippen LogP contribution in [-0.2, 0) is 9.47 Å². The Morgan fingerprint density at radius 2 is 2.19 bits per heavy atom. The first-order chi connectivity index (χ1) is 17.1. The number of allylic oxidation sites excluding steroid dienone is 1. The van der Waals surface area contributed by atoms with Crippen molar-refractivity contribution in [2.24, 2.45) is 0 Å². The molecule has 0 aromatic heterocycles. The fraction of sp³-hybridized carbons (Fsp3) is 0.607. The molecule has 1 saturated carbocycles. The zero-order valence-electron chi connectivity index (χ0n) is 21.8. The van der Waals surface area contributed by atoms with Crippen LogP contribution in [0.1, 0.15) is 63.7 Å². The Balaban J connectivity index is 1.28. The van der Waals surface area contributed by atoms with E-state index < -0.39 is 5.82 Å². The van der Waals surface area contributed by atoms with Crippen LogP contribution in [0.2, 0.25) is 5.02 Å². The molecule has 198 valence electrons. The molecule has 4 rings (SSSR count). The van der Waals surface area contributed by atoms with E-state index in [9.17, 15) is 9.18 Å². The van der Waals surface area contributed by atoms with E-state index in [4.69, 9.17) is 21.1 Å². The minimum absolute atomic E-state index is 0.00405. The first-order valence-electron chi connectivity index (χ1n) is 13.0. The maximum atomic E-state index is 13.4. The van der Waals surface area contributed by atoms with Gasteiger partial charge in [0.1, 0.15) is 24.3 Å². The number of nitrogens with one attached hydrogen (secondary N) is 2. The molecule has 3 aliphatic rings. The van der Waals surface area contributed by atoms with E-state index in [2.05, 4.69) is 42.9 Å². The van der Waals surface area contributed by atoms with Crippen molar-refractivity contribution >= 4 is 17.5 Å². The normalized spacial score (nSPS) is 29.2. The topological polar surface area (TPSA) is 62.6 Å². The maximum absolute atomic E-state index is 13.4. The minimum atomic E-state index is -0.523. The van der Waals surface area contributed by atoms with E-state index in [1.54, 1.807) is 0 Å². The number of carbonyl (C=O) groups excluding carboxylic acids is 1. The molecule has 2 aliphatic heterocycles. The van der Waals surface area contributed by atoms with Crippen molar-refractivity contribution in [3.05, 3.63) is 58.1 Å². The first-order valence-corrected chi connectivity index (χ1v) is 13.3. The largest absolute Gasteiger partial charge is 0.491 e. The van der Waals surface area contributed by atoms with E-state index >= 15 is 0 Å². The Morgan fingerprint density at radius 3 is 2.83 bits per heavy atom. The molecule has 0 bridgehead atoms. The quantitative estimate of drug-likeness (QED) is 0.249. The van der Waals surface area contributed by atoms with Crippen LogP contribution in [0.15, 0.2) is 41.7 Å². The van der Waals surface area contributed by atoms with E-state index in [1.165, 1.54) is 30.2 Å². The lowest BCUT2D eigenvalue weighted by atomic mass is 9.80. The van der Waals surface area contributed by atoms with Crippen molar-refractivity contribution in [2.75, 3.05) is 26.3 Å². The molecule has 2 N–H and O–H groups in total.